The third kappa shape index (κ3) is 5.21. The first-order valence-electron chi connectivity index (χ1n) is 7.61. The zero-order valence-corrected chi connectivity index (χ0v) is 13.4. The highest BCUT2D eigenvalue weighted by Crippen LogP contribution is 2.23. The summed E-state index contributed by atoms with van der Waals surface area (Å²) in [7, 11) is 0. The van der Waals surface area contributed by atoms with Gasteiger partial charge in [0.15, 0.2) is 0 Å². The molecule has 0 aromatic heterocycles. The van der Waals surface area contributed by atoms with Crippen LogP contribution in [-0.2, 0) is 11.3 Å². The number of alkyl carbamates (subject to hydrolysis) is 1. The van der Waals surface area contributed by atoms with E-state index in [1.807, 2.05) is 36.4 Å². The SMILES string of the molecule is N#Cc1ccc(N)cc1C(O)C(O)CNC(=O)OCc1ccccc1. The Balaban J connectivity index is 1.87. The summed E-state index contributed by atoms with van der Waals surface area (Å²) in [6.45, 7) is -0.145. The minimum atomic E-state index is -1.37. The molecule has 0 radical (unpaired) electrons. The predicted molar refractivity (Wildman–Crippen MR) is 91.2 cm³/mol. The molecule has 0 saturated heterocycles. The van der Waals surface area contributed by atoms with Gasteiger partial charge in [-0.25, -0.2) is 4.79 Å². The molecule has 0 saturated carbocycles. The van der Waals surface area contributed by atoms with Gasteiger partial charge >= 0.3 is 6.09 Å². The van der Waals surface area contributed by atoms with E-state index in [0.29, 0.717) is 5.69 Å². The van der Waals surface area contributed by atoms with Crippen LogP contribution in [0.2, 0.25) is 0 Å². The number of carbonyl (C=O) groups is 1. The van der Waals surface area contributed by atoms with E-state index < -0.39 is 18.3 Å². The molecule has 2 unspecified atom stereocenters. The molecular weight excluding hydrogens is 322 g/mol. The quantitative estimate of drug-likeness (QED) is 0.589. The van der Waals surface area contributed by atoms with E-state index in [0.717, 1.165) is 5.56 Å². The lowest BCUT2D eigenvalue weighted by molar-refractivity contribution is 0.0183. The maximum Gasteiger partial charge on any atom is 0.407 e. The van der Waals surface area contributed by atoms with Gasteiger partial charge < -0.3 is 26.0 Å². The van der Waals surface area contributed by atoms with Gasteiger partial charge in [0, 0.05) is 17.8 Å². The van der Waals surface area contributed by atoms with Crippen LogP contribution in [0.25, 0.3) is 0 Å². The number of nitrogens with zero attached hydrogens (tertiary/aromatic N) is 1. The molecule has 2 aromatic rings. The van der Waals surface area contributed by atoms with Crippen molar-refractivity contribution in [1.29, 1.82) is 5.26 Å². The molecular formula is C18H19N3O4. The first-order valence-corrected chi connectivity index (χ1v) is 7.61. The van der Waals surface area contributed by atoms with Crippen molar-refractivity contribution in [2.75, 3.05) is 12.3 Å². The van der Waals surface area contributed by atoms with Gasteiger partial charge in [0.2, 0.25) is 0 Å². The molecule has 7 heteroatoms. The number of nitrogens with two attached hydrogens (primary N) is 1. The second kappa shape index (κ2) is 8.68. The molecule has 0 aliphatic carbocycles. The third-order valence-electron chi connectivity index (χ3n) is 3.55. The predicted octanol–water partition coefficient (Wildman–Crippen LogP) is 1.46. The number of nitrogens with one attached hydrogen (secondary N) is 1. The Kier molecular flexibility index (Phi) is 6.34. The van der Waals surface area contributed by atoms with Gasteiger partial charge in [-0.3, -0.25) is 0 Å². The molecule has 2 atom stereocenters. The van der Waals surface area contributed by atoms with Crippen molar-refractivity contribution in [3.8, 4) is 6.07 Å². The van der Waals surface area contributed by atoms with E-state index in [1.54, 1.807) is 0 Å². The lowest BCUT2D eigenvalue weighted by atomic mass is 9.98. The van der Waals surface area contributed by atoms with Gasteiger partial charge in [-0.1, -0.05) is 30.3 Å². The molecule has 0 heterocycles. The number of carbonyl (C=O) groups excluding carboxylic acids is 1. The Bertz CT molecular complexity index is 759. The zero-order valence-electron chi connectivity index (χ0n) is 13.4. The summed E-state index contributed by atoms with van der Waals surface area (Å²) in [5.41, 5.74) is 7.24. The topological polar surface area (TPSA) is 129 Å². The molecule has 0 fully saturated rings. The van der Waals surface area contributed by atoms with Gasteiger partial charge in [0.25, 0.3) is 0 Å². The highest BCUT2D eigenvalue weighted by molar-refractivity contribution is 5.67. The number of hydrogen-bond acceptors (Lipinski definition) is 6. The number of nitrogen functional groups attached to an aromatic ring is 1. The van der Waals surface area contributed by atoms with Crippen molar-refractivity contribution in [2.45, 2.75) is 18.8 Å². The molecule has 0 aliphatic rings. The maximum absolute atomic E-state index is 11.7. The first kappa shape index (κ1) is 18.3. The lowest BCUT2D eigenvalue weighted by Crippen LogP contribution is -2.36. The number of aliphatic hydroxyl groups excluding tert-OH is 2. The summed E-state index contributed by atoms with van der Waals surface area (Å²) in [4.78, 5) is 11.7. The summed E-state index contributed by atoms with van der Waals surface area (Å²) >= 11 is 0. The third-order valence-corrected chi connectivity index (χ3v) is 3.55. The fraction of sp³-hybridized carbons (Fsp3) is 0.222. The Morgan fingerprint density at radius 3 is 2.64 bits per heavy atom. The number of nitriles is 1. The van der Waals surface area contributed by atoms with E-state index in [-0.39, 0.29) is 24.3 Å². The average Bonchev–Trinajstić information content (AvgIpc) is 2.64. The monoisotopic (exact) mass is 341 g/mol. The van der Waals surface area contributed by atoms with Crippen LogP contribution in [0.15, 0.2) is 48.5 Å². The second-order valence-corrected chi connectivity index (χ2v) is 5.41. The molecule has 0 spiro atoms. The standard InChI is InChI=1S/C18H19N3O4/c19-9-13-6-7-14(20)8-15(13)17(23)16(22)10-21-18(24)25-11-12-4-2-1-3-5-12/h1-8,16-17,22-23H,10-11,20H2,(H,21,24). The number of hydrogen-bond donors (Lipinski definition) is 4. The van der Waals surface area contributed by atoms with Crippen LogP contribution in [0.1, 0.15) is 22.8 Å². The van der Waals surface area contributed by atoms with Crippen molar-refractivity contribution in [3.63, 3.8) is 0 Å². The van der Waals surface area contributed by atoms with Gasteiger partial charge in [0.05, 0.1) is 11.6 Å². The van der Waals surface area contributed by atoms with Crippen molar-refractivity contribution in [2.24, 2.45) is 0 Å². The van der Waals surface area contributed by atoms with Crippen LogP contribution >= 0.6 is 0 Å². The Morgan fingerprint density at radius 1 is 1.24 bits per heavy atom. The Morgan fingerprint density at radius 2 is 1.96 bits per heavy atom. The fourth-order valence-corrected chi connectivity index (χ4v) is 2.21. The number of rotatable bonds is 6. The van der Waals surface area contributed by atoms with Gasteiger partial charge in [-0.05, 0) is 23.8 Å². The van der Waals surface area contributed by atoms with E-state index in [1.165, 1.54) is 18.2 Å². The fourth-order valence-electron chi connectivity index (χ4n) is 2.21. The summed E-state index contributed by atoms with van der Waals surface area (Å²) < 4.78 is 5.01. The van der Waals surface area contributed by atoms with Crippen molar-refractivity contribution < 1.29 is 19.7 Å². The van der Waals surface area contributed by atoms with Crippen LogP contribution in [0.4, 0.5) is 10.5 Å². The minimum Gasteiger partial charge on any atom is -0.445 e. The van der Waals surface area contributed by atoms with E-state index >= 15 is 0 Å². The summed E-state index contributed by atoms with van der Waals surface area (Å²) in [5.74, 6) is 0. The van der Waals surface area contributed by atoms with Crippen LogP contribution in [0, 0.1) is 11.3 Å². The number of anilines is 1. The van der Waals surface area contributed by atoms with Crippen molar-refractivity contribution in [1.82, 2.24) is 5.32 Å². The second-order valence-electron chi connectivity index (χ2n) is 5.41. The molecule has 2 aromatic carbocycles. The lowest BCUT2D eigenvalue weighted by Gasteiger charge is -2.20. The minimum absolute atomic E-state index is 0.0964. The number of amides is 1. The van der Waals surface area contributed by atoms with Gasteiger partial charge in [0.1, 0.15) is 18.8 Å². The maximum atomic E-state index is 11.7. The molecule has 7 nitrogen and oxygen atoms in total. The summed E-state index contributed by atoms with van der Waals surface area (Å²) in [5, 5.41) is 31.7. The van der Waals surface area contributed by atoms with Crippen LogP contribution < -0.4 is 11.1 Å². The first-order chi connectivity index (χ1) is 12.0. The van der Waals surface area contributed by atoms with Crippen molar-refractivity contribution >= 4 is 11.8 Å². The highest BCUT2D eigenvalue weighted by Gasteiger charge is 2.22. The number of benzene rings is 2. The molecule has 130 valence electrons. The van der Waals surface area contributed by atoms with Gasteiger partial charge in [-0.2, -0.15) is 5.26 Å². The smallest absolute Gasteiger partial charge is 0.407 e. The molecule has 2 rings (SSSR count). The van der Waals surface area contributed by atoms with Crippen LogP contribution in [-0.4, -0.2) is 29.0 Å². The average molecular weight is 341 g/mol. The highest BCUT2D eigenvalue weighted by atomic mass is 16.5. The van der Waals surface area contributed by atoms with E-state index in [2.05, 4.69) is 5.32 Å². The summed E-state index contributed by atoms with van der Waals surface area (Å²) in [6.07, 6.45) is -3.41. The van der Waals surface area contributed by atoms with Crippen molar-refractivity contribution in [3.05, 3.63) is 65.2 Å². The van der Waals surface area contributed by atoms with Gasteiger partial charge in [-0.15, -0.1) is 0 Å². The van der Waals surface area contributed by atoms with E-state index in [9.17, 15) is 15.0 Å². The molecule has 0 bridgehead atoms. The molecule has 25 heavy (non-hydrogen) atoms. The zero-order chi connectivity index (χ0) is 18.2. The molecule has 0 aliphatic heterocycles. The normalized spacial score (nSPS) is 12.7. The Labute approximate surface area is 145 Å². The number of aliphatic hydroxyl groups is 2. The van der Waals surface area contributed by atoms with Crippen LogP contribution in [0.5, 0.6) is 0 Å². The van der Waals surface area contributed by atoms with E-state index in [4.69, 9.17) is 15.7 Å². The Hall–Kier alpha value is -3.08. The number of ether oxygens (including phenoxy) is 1. The molecule has 5 N–H and O–H groups in total. The van der Waals surface area contributed by atoms with Crippen LogP contribution in [0.3, 0.4) is 0 Å². The summed E-state index contributed by atoms with van der Waals surface area (Å²) in [6, 6.07) is 15.5. The largest absolute Gasteiger partial charge is 0.445 e. The molecule has 1 amide bonds.